The standard InChI is InChI=1S/C34H48N4O9S2/c1-22-11-14-29(15-12-22)48(41,42)36-28-13-16-31-30(18-28)34(40)38(24(3)21-39)19-23(2)32(45-17-9-8-10-25(4)46-31)20-37(7)49(43,44)33-26(5)35-47-27(33)6/h11-16,18,23-25,32,36,39H,8-10,17,19-21H2,1-7H3/t23-,24-,25+,32+/m1/s1. The number of carbonyl (C=O) groups is 1. The first-order valence-corrected chi connectivity index (χ1v) is 19.3. The number of likely N-dealkylation sites (N-methyl/N-ethyl adjacent to an activating group) is 1. The van der Waals surface area contributed by atoms with Gasteiger partial charge in [0.15, 0.2) is 5.76 Å². The molecule has 3 aromatic rings. The number of hydrogen-bond acceptors (Lipinski definition) is 10. The fourth-order valence-electron chi connectivity index (χ4n) is 5.73. The van der Waals surface area contributed by atoms with Gasteiger partial charge in [0.05, 0.1) is 35.3 Å². The molecule has 15 heteroatoms. The second-order valence-corrected chi connectivity index (χ2v) is 16.5. The van der Waals surface area contributed by atoms with Crippen LogP contribution in [0.3, 0.4) is 0 Å². The van der Waals surface area contributed by atoms with Crippen molar-refractivity contribution in [2.24, 2.45) is 5.92 Å². The summed E-state index contributed by atoms with van der Waals surface area (Å²) in [5.41, 5.74) is 1.46. The van der Waals surface area contributed by atoms with Crippen molar-refractivity contribution in [3.63, 3.8) is 0 Å². The van der Waals surface area contributed by atoms with E-state index < -0.39 is 44.0 Å². The van der Waals surface area contributed by atoms with E-state index >= 15 is 0 Å². The Hall–Kier alpha value is -3.50. The van der Waals surface area contributed by atoms with E-state index in [-0.39, 0.29) is 64.0 Å². The molecule has 13 nitrogen and oxygen atoms in total. The Bertz CT molecular complexity index is 1790. The molecule has 0 unspecified atom stereocenters. The number of nitrogens with zero attached hydrogens (tertiary/aromatic N) is 3. The summed E-state index contributed by atoms with van der Waals surface area (Å²) < 4.78 is 75.0. The number of nitrogens with one attached hydrogen (secondary N) is 1. The van der Waals surface area contributed by atoms with Gasteiger partial charge in [0.1, 0.15) is 16.3 Å². The Balaban J connectivity index is 1.69. The maximum Gasteiger partial charge on any atom is 0.261 e. The zero-order valence-corrected chi connectivity index (χ0v) is 30.8. The van der Waals surface area contributed by atoms with Crippen molar-refractivity contribution >= 4 is 31.6 Å². The summed E-state index contributed by atoms with van der Waals surface area (Å²) in [6.07, 6.45) is 1.19. The lowest BCUT2D eigenvalue weighted by Gasteiger charge is -2.35. The highest BCUT2D eigenvalue weighted by molar-refractivity contribution is 7.92. The van der Waals surface area contributed by atoms with Crippen LogP contribution in [0.1, 0.15) is 67.4 Å². The fraction of sp³-hybridized carbons (Fsp3) is 0.529. The first-order valence-electron chi connectivity index (χ1n) is 16.4. The van der Waals surface area contributed by atoms with Gasteiger partial charge in [0, 0.05) is 38.3 Å². The number of aliphatic hydroxyl groups excluding tert-OH is 1. The largest absolute Gasteiger partial charge is 0.490 e. The van der Waals surface area contributed by atoms with Gasteiger partial charge in [-0.15, -0.1) is 0 Å². The molecule has 2 aromatic carbocycles. The number of benzene rings is 2. The summed E-state index contributed by atoms with van der Waals surface area (Å²) in [5, 5.41) is 14.0. The minimum absolute atomic E-state index is 0.00801. The quantitative estimate of drug-likeness (QED) is 0.321. The topological polar surface area (TPSA) is 169 Å². The minimum Gasteiger partial charge on any atom is -0.490 e. The smallest absolute Gasteiger partial charge is 0.261 e. The summed E-state index contributed by atoms with van der Waals surface area (Å²) in [6.45, 7) is 10.5. The molecule has 0 saturated carbocycles. The van der Waals surface area contributed by atoms with Crippen LogP contribution in [0.15, 0.2) is 56.8 Å². The maximum absolute atomic E-state index is 14.4. The lowest BCUT2D eigenvalue weighted by Crippen LogP contribution is -2.48. The summed E-state index contributed by atoms with van der Waals surface area (Å²) in [5.74, 6) is -0.406. The molecule has 4 atom stereocenters. The van der Waals surface area contributed by atoms with Gasteiger partial charge in [-0.3, -0.25) is 9.52 Å². The van der Waals surface area contributed by atoms with Gasteiger partial charge in [-0.1, -0.05) is 29.8 Å². The lowest BCUT2D eigenvalue weighted by molar-refractivity contribution is -0.00835. The molecular formula is C34H48N4O9S2. The second kappa shape index (κ2) is 16.0. The van der Waals surface area contributed by atoms with E-state index in [1.54, 1.807) is 45.0 Å². The molecule has 2 heterocycles. The predicted molar refractivity (Wildman–Crippen MR) is 185 cm³/mol. The predicted octanol–water partition coefficient (Wildman–Crippen LogP) is 4.52. The van der Waals surface area contributed by atoms with Gasteiger partial charge in [-0.05, 0) is 84.2 Å². The zero-order valence-electron chi connectivity index (χ0n) is 29.2. The van der Waals surface area contributed by atoms with Crippen molar-refractivity contribution in [2.45, 2.75) is 88.8 Å². The van der Waals surface area contributed by atoms with Gasteiger partial charge in [0.25, 0.3) is 15.9 Å². The van der Waals surface area contributed by atoms with Gasteiger partial charge in [0.2, 0.25) is 10.0 Å². The number of carbonyl (C=O) groups excluding carboxylic acids is 1. The molecule has 1 aliphatic heterocycles. The van der Waals surface area contributed by atoms with Crippen molar-refractivity contribution < 1.29 is 40.7 Å². The van der Waals surface area contributed by atoms with Crippen LogP contribution in [0, 0.1) is 26.7 Å². The number of fused-ring (bicyclic) bond motifs is 1. The third kappa shape index (κ3) is 9.19. The van der Waals surface area contributed by atoms with Crippen LogP contribution in [-0.4, -0.2) is 93.8 Å². The van der Waals surface area contributed by atoms with E-state index in [1.165, 1.54) is 34.5 Å². The van der Waals surface area contributed by atoms with Crippen LogP contribution >= 0.6 is 0 Å². The van der Waals surface area contributed by atoms with Crippen molar-refractivity contribution in [1.82, 2.24) is 14.4 Å². The molecule has 49 heavy (non-hydrogen) atoms. The van der Waals surface area contributed by atoms with E-state index in [4.69, 9.17) is 14.0 Å². The normalized spacial score (nSPS) is 20.7. The molecule has 0 spiro atoms. The van der Waals surface area contributed by atoms with E-state index in [9.17, 15) is 26.7 Å². The van der Waals surface area contributed by atoms with Crippen LogP contribution in [0.4, 0.5) is 5.69 Å². The molecule has 0 bridgehead atoms. The number of anilines is 1. The van der Waals surface area contributed by atoms with E-state index in [0.29, 0.717) is 19.4 Å². The highest BCUT2D eigenvalue weighted by Crippen LogP contribution is 2.30. The van der Waals surface area contributed by atoms with Gasteiger partial charge >= 0.3 is 0 Å². The highest BCUT2D eigenvalue weighted by Gasteiger charge is 2.34. The van der Waals surface area contributed by atoms with Crippen molar-refractivity contribution in [1.29, 1.82) is 0 Å². The van der Waals surface area contributed by atoms with E-state index in [1.807, 2.05) is 20.8 Å². The fourth-order valence-corrected chi connectivity index (χ4v) is 8.25. The third-order valence-corrected chi connectivity index (χ3v) is 12.2. The summed E-state index contributed by atoms with van der Waals surface area (Å²) in [6, 6.07) is 10.3. The molecule has 2 N–H and O–H groups in total. The number of hydrogen-bond donors (Lipinski definition) is 2. The number of amides is 1. The Labute approximate surface area is 289 Å². The van der Waals surface area contributed by atoms with Crippen LogP contribution in [-0.2, 0) is 24.8 Å². The van der Waals surface area contributed by atoms with Crippen molar-refractivity contribution in [3.8, 4) is 5.75 Å². The number of aliphatic hydroxyl groups is 1. The monoisotopic (exact) mass is 720 g/mol. The minimum atomic E-state index is -3.97. The maximum atomic E-state index is 14.4. The average Bonchev–Trinajstić information content (AvgIpc) is 3.40. The number of aromatic nitrogens is 1. The van der Waals surface area contributed by atoms with Crippen LogP contribution in [0.5, 0.6) is 5.75 Å². The molecule has 1 amide bonds. The molecule has 0 radical (unpaired) electrons. The second-order valence-electron chi connectivity index (χ2n) is 12.9. The van der Waals surface area contributed by atoms with E-state index in [0.717, 1.165) is 12.0 Å². The Morgan fingerprint density at radius 2 is 1.76 bits per heavy atom. The lowest BCUT2D eigenvalue weighted by atomic mass is 10.0. The Morgan fingerprint density at radius 1 is 1.06 bits per heavy atom. The first-order chi connectivity index (χ1) is 23.0. The van der Waals surface area contributed by atoms with Crippen LogP contribution in [0.25, 0.3) is 0 Å². The molecule has 1 aliphatic rings. The summed E-state index contributed by atoms with van der Waals surface area (Å²) in [7, 11) is -6.47. The van der Waals surface area contributed by atoms with E-state index in [2.05, 4.69) is 9.88 Å². The number of ether oxygens (including phenoxy) is 2. The van der Waals surface area contributed by atoms with Crippen LogP contribution in [0.2, 0.25) is 0 Å². The zero-order chi connectivity index (χ0) is 36.1. The van der Waals surface area contributed by atoms with Crippen molar-refractivity contribution in [2.75, 3.05) is 38.1 Å². The van der Waals surface area contributed by atoms with Crippen molar-refractivity contribution in [3.05, 3.63) is 65.0 Å². The highest BCUT2D eigenvalue weighted by atomic mass is 32.2. The first kappa shape index (κ1) is 38.3. The Morgan fingerprint density at radius 3 is 2.39 bits per heavy atom. The van der Waals surface area contributed by atoms with Gasteiger partial charge in [-0.2, -0.15) is 4.31 Å². The molecule has 1 aromatic heterocycles. The molecular weight excluding hydrogens is 673 g/mol. The summed E-state index contributed by atoms with van der Waals surface area (Å²) in [4.78, 5) is 16.0. The summed E-state index contributed by atoms with van der Waals surface area (Å²) >= 11 is 0. The van der Waals surface area contributed by atoms with Crippen LogP contribution < -0.4 is 9.46 Å². The van der Waals surface area contributed by atoms with Gasteiger partial charge < -0.3 is 24.0 Å². The average molecular weight is 721 g/mol. The molecule has 4 rings (SSSR count). The van der Waals surface area contributed by atoms with Gasteiger partial charge in [-0.25, -0.2) is 16.8 Å². The number of sulfonamides is 2. The SMILES string of the molecule is Cc1ccc(S(=O)(=O)Nc2ccc3c(c2)C(=O)N([C@H](C)CO)C[C@@H](C)[C@H](CN(C)S(=O)(=O)c2c(C)noc2C)OCCCC[C@H](C)O3)cc1. The molecule has 0 aliphatic carbocycles. The molecule has 0 fully saturated rings. The molecule has 0 saturated heterocycles. The molecule has 270 valence electrons. The number of aryl methyl sites for hydroxylation is 3. The Kier molecular flexibility index (Phi) is 12.5. The number of rotatable bonds is 9. The third-order valence-electron chi connectivity index (χ3n) is 8.71.